The number of piperazine rings is 1. The summed E-state index contributed by atoms with van der Waals surface area (Å²) in [5.74, 6) is 0.498. The maximum absolute atomic E-state index is 11.9. The van der Waals surface area contributed by atoms with Crippen LogP contribution in [0.25, 0.3) is 0 Å². The summed E-state index contributed by atoms with van der Waals surface area (Å²) in [6.45, 7) is 1.22. The molecule has 1 N–H and O–H groups in total. The van der Waals surface area contributed by atoms with Crippen molar-refractivity contribution in [1.82, 2.24) is 9.80 Å². The van der Waals surface area contributed by atoms with Gasteiger partial charge >= 0.3 is 6.09 Å². The highest BCUT2D eigenvalue weighted by Crippen LogP contribution is 2.35. The molecule has 2 amide bonds. The quantitative estimate of drug-likeness (QED) is 0.715. The van der Waals surface area contributed by atoms with Crippen LogP contribution >= 0.6 is 0 Å². The molecule has 88 valence electrons. The van der Waals surface area contributed by atoms with Crippen LogP contribution in [0, 0.1) is 5.92 Å². The Morgan fingerprint density at radius 1 is 1.00 bits per heavy atom. The molecule has 0 radical (unpaired) electrons. The summed E-state index contributed by atoms with van der Waals surface area (Å²) < 4.78 is 0. The van der Waals surface area contributed by atoms with Gasteiger partial charge in [0, 0.05) is 19.0 Å². The van der Waals surface area contributed by atoms with E-state index in [0.717, 1.165) is 25.7 Å². The van der Waals surface area contributed by atoms with Gasteiger partial charge in [-0.15, -0.1) is 0 Å². The first kappa shape index (κ1) is 9.93. The third kappa shape index (κ3) is 1.45. The van der Waals surface area contributed by atoms with Crippen molar-refractivity contribution in [2.45, 2.75) is 37.8 Å². The lowest BCUT2D eigenvalue weighted by Crippen LogP contribution is -2.57. The van der Waals surface area contributed by atoms with Gasteiger partial charge in [-0.05, 0) is 25.7 Å². The van der Waals surface area contributed by atoms with Crippen molar-refractivity contribution in [2.24, 2.45) is 5.92 Å². The SMILES string of the molecule is O=C(C1CC1)N1CC2CCC(C1)N2C(=O)O. The first-order valence-corrected chi connectivity index (χ1v) is 5.97. The van der Waals surface area contributed by atoms with E-state index in [0.29, 0.717) is 13.1 Å². The van der Waals surface area contributed by atoms with E-state index in [2.05, 4.69) is 0 Å². The second-order valence-corrected chi connectivity index (χ2v) is 5.09. The van der Waals surface area contributed by atoms with Gasteiger partial charge < -0.3 is 10.0 Å². The fraction of sp³-hybridized carbons (Fsp3) is 0.818. The number of carbonyl (C=O) groups excluding carboxylic acids is 1. The molecular weight excluding hydrogens is 208 g/mol. The Morgan fingerprint density at radius 2 is 1.56 bits per heavy atom. The molecule has 1 aliphatic carbocycles. The Balaban J connectivity index is 1.71. The number of amides is 2. The molecule has 16 heavy (non-hydrogen) atoms. The molecule has 0 aromatic carbocycles. The van der Waals surface area contributed by atoms with Crippen molar-refractivity contribution in [3.05, 3.63) is 0 Å². The van der Waals surface area contributed by atoms with Gasteiger partial charge in [-0.1, -0.05) is 0 Å². The zero-order valence-electron chi connectivity index (χ0n) is 9.13. The minimum atomic E-state index is -0.828. The van der Waals surface area contributed by atoms with Crippen LogP contribution in [0.3, 0.4) is 0 Å². The van der Waals surface area contributed by atoms with Crippen molar-refractivity contribution in [1.29, 1.82) is 0 Å². The molecule has 2 atom stereocenters. The molecule has 2 bridgehead atoms. The number of hydrogen-bond acceptors (Lipinski definition) is 2. The van der Waals surface area contributed by atoms with Gasteiger partial charge in [0.2, 0.25) is 5.91 Å². The molecule has 3 fully saturated rings. The Labute approximate surface area is 94.0 Å². The molecular formula is C11H16N2O3. The number of carbonyl (C=O) groups is 2. The largest absolute Gasteiger partial charge is 0.465 e. The highest BCUT2D eigenvalue weighted by Gasteiger charge is 2.45. The van der Waals surface area contributed by atoms with Crippen LogP contribution in [-0.2, 0) is 4.79 Å². The zero-order chi connectivity index (χ0) is 11.3. The maximum Gasteiger partial charge on any atom is 0.407 e. The van der Waals surface area contributed by atoms with Gasteiger partial charge in [-0.2, -0.15) is 0 Å². The average molecular weight is 224 g/mol. The Hall–Kier alpha value is -1.26. The van der Waals surface area contributed by atoms with Crippen molar-refractivity contribution >= 4 is 12.0 Å². The molecule has 5 nitrogen and oxygen atoms in total. The topological polar surface area (TPSA) is 60.9 Å². The van der Waals surface area contributed by atoms with Gasteiger partial charge in [-0.25, -0.2) is 4.79 Å². The number of nitrogens with zero attached hydrogens (tertiary/aromatic N) is 2. The molecule has 3 aliphatic rings. The van der Waals surface area contributed by atoms with E-state index >= 15 is 0 Å². The van der Waals surface area contributed by atoms with E-state index in [1.165, 1.54) is 0 Å². The van der Waals surface area contributed by atoms with E-state index < -0.39 is 6.09 Å². The summed E-state index contributed by atoms with van der Waals surface area (Å²) in [5.41, 5.74) is 0. The molecule has 2 heterocycles. The molecule has 2 unspecified atom stereocenters. The van der Waals surface area contributed by atoms with Gasteiger partial charge in [0.05, 0.1) is 12.1 Å². The molecule has 0 spiro atoms. The van der Waals surface area contributed by atoms with Gasteiger partial charge in [-0.3, -0.25) is 9.69 Å². The Bertz CT molecular complexity index is 326. The smallest absolute Gasteiger partial charge is 0.407 e. The second kappa shape index (κ2) is 3.37. The zero-order valence-corrected chi connectivity index (χ0v) is 9.13. The minimum absolute atomic E-state index is 0.0407. The summed E-state index contributed by atoms with van der Waals surface area (Å²) in [4.78, 5) is 26.4. The Kier molecular flexibility index (Phi) is 2.09. The normalized spacial score (nSPS) is 33.0. The van der Waals surface area contributed by atoms with Crippen LogP contribution in [0.4, 0.5) is 4.79 Å². The highest BCUT2D eigenvalue weighted by atomic mass is 16.4. The number of fused-ring (bicyclic) bond motifs is 2. The van der Waals surface area contributed by atoms with Gasteiger partial charge in [0.15, 0.2) is 0 Å². The van der Waals surface area contributed by atoms with E-state index in [1.54, 1.807) is 4.90 Å². The van der Waals surface area contributed by atoms with Crippen molar-refractivity contribution in [3.8, 4) is 0 Å². The standard InChI is InChI=1S/C11H16N2O3/c14-10(7-1-2-7)12-5-8-3-4-9(6-12)13(8)11(15)16/h7-9H,1-6H2,(H,15,16). The second-order valence-electron chi connectivity index (χ2n) is 5.09. The van der Waals surface area contributed by atoms with E-state index in [1.807, 2.05) is 4.90 Å². The minimum Gasteiger partial charge on any atom is -0.465 e. The van der Waals surface area contributed by atoms with Gasteiger partial charge in [0.25, 0.3) is 0 Å². The predicted octanol–water partition coefficient (Wildman–Crippen LogP) is 0.750. The molecule has 1 saturated carbocycles. The van der Waals surface area contributed by atoms with Crippen LogP contribution in [0.5, 0.6) is 0 Å². The summed E-state index contributed by atoms with van der Waals surface area (Å²) in [7, 11) is 0. The molecule has 2 aliphatic heterocycles. The van der Waals surface area contributed by atoms with Crippen LogP contribution in [0.1, 0.15) is 25.7 Å². The predicted molar refractivity (Wildman–Crippen MR) is 56.0 cm³/mol. The number of rotatable bonds is 1. The van der Waals surface area contributed by atoms with Crippen LogP contribution in [0.15, 0.2) is 0 Å². The molecule has 0 aromatic heterocycles. The average Bonchev–Trinajstić information content (AvgIpc) is 3.04. The lowest BCUT2D eigenvalue weighted by atomic mass is 10.2. The first-order valence-electron chi connectivity index (χ1n) is 5.97. The summed E-state index contributed by atoms with van der Waals surface area (Å²) >= 11 is 0. The number of hydrogen-bond donors (Lipinski definition) is 1. The fourth-order valence-electron chi connectivity index (χ4n) is 2.98. The summed E-state index contributed by atoms with van der Waals surface area (Å²) in [5, 5.41) is 9.09. The fourth-order valence-corrected chi connectivity index (χ4v) is 2.98. The Morgan fingerprint density at radius 3 is 2.00 bits per heavy atom. The number of likely N-dealkylation sites (tertiary alicyclic amines) is 1. The first-order chi connectivity index (χ1) is 7.66. The summed E-state index contributed by atoms with van der Waals surface area (Å²) in [6, 6.07) is 0.0814. The maximum atomic E-state index is 11.9. The van der Waals surface area contributed by atoms with E-state index in [-0.39, 0.29) is 23.9 Å². The molecule has 2 saturated heterocycles. The van der Waals surface area contributed by atoms with E-state index in [9.17, 15) is 9.59 Å². The van der Waals surface area contributed by atoms with Crippen molar-refractivity contribution in [3.63, 3.8) is 0 Å². The number of carboxylic acid groups (broad SMARTS) is 1. The van der Waals surface area contributed by atoms with Crippen LogP contribution in [0.2, 0.25) is 0 Å². The third-order valence-electron chi connectivity index (χ3n) is 3.94. The lowest BCUT2D eigenvalue weighted by molar-refractivity contribution is -0.135. The van der Waals surface area contributed by atoms with Crippen LogP contribution < -0.4 is 0 Å². The highest BCUT2D eigenvalue weighted by molar-refractivity contribution is 5.81. The van der Waals surface area contributed by atoms with E-state index in [4.69, 9.17) is 5.11 Å². The van der Waals surface area contributed by atoms with Crippen LogP contribution in [-0.4, -0.2) is 52.1 Å². The summed E-state index contributed by atoms with van der Waals surface area (Å²) in [6.07, 6.45) is 3.03. The third-order valence-corrected chi connectivity index (χ3v) is 3.94. The lowest BCUT2D eigenvalue weighted by Gasteiger charge is -2.39. The van der Waals surface area contributed by atoms with Crippen molar-refractivity contribution in [2.75, 3.05) is 13.1 Å². The molecule has 3 rings (SSSR count). The monoisotopic (exact) mass is 224 g/mol. The van der Waals surface area contributed by atoms with Gasteiger partial charge in [0.1, 0.15) is 0 Å². The molecule has 0 aromatic rings. The van der Waals surface area contributed by atoms with Crippen molar-refractivity contribution < 1.29 is 14.7 Å². The molecule has 5 heteroatoms.